The first kappa shape index (κ1) is 18.6. The molecule has 0 saturated carbocycles. The monoisotopic (exact) mass is 391 g/mol. The van der Waals surface area contributed by atoms with Gasteiger partial charge in [-0.25, -0.2) is 15.0 Å². The van der Waals surface area contributed by atoms with E-state index in [-0.39, 0.29) is 5.97 Å². The SMILES string of the molecule is CCOC(=O)c1c(NC(=O)NN=Cc2cccs2)sc2c1CC[C@H](C)C2. The Morgan fingerprint density at radius 3 is 3.04 bits per heavy atom. The van der Waals surface area contributed by atoms with E-state index in [1.54, 1.807) is 13.1 Å². The molecule has 0 saturated heterocycles. The Kier molecular flexibility index (Phi) is 6.05. The molecule has 2 aromatic rings. The van der Waals surface area contributed by atoms with Crippen molar-refractivity contribution in [1.82, 2.24) is 5.43 Å². The van der Waals surface area contributed by atoms with Gasteiger partial charge in [0, 0.05) is 9.75 Å². The minimum absolute atomic E-state index is 0.302. The van der Waals surface area contributed by atoms with Crippen molar-refractivity contribution in [2.75, 3.05) is 11.9 Å². The van der Waals surface area contributed by atoms with Gasteiger partial charge in [0.2, 0.25) is 0 Å². The fourth-order valence-electron chi connectivity index (χ4n) is 2.91. The maximum absolute atomic E-state index is 12.4. The highest BCUT2D eigenvalue weighted by Crippen LogP contribution is 2.40. The second-order valence-corrected chi connectivity index (χ2v) is 8.20. The molecule has 0 unspecified atom stereocenters. The number of hydrogen-bond acceptors (Lipinski definition) is 6. The normalized spacial score (nSPS) is 16.3. The van der Waals surface area contributed by atoms with Gasteiger partial charge in [-0.05, 0) is 49.1 Å². The zero-order valence-electron chi connectivity index (χ0n) is 14.7. The minimum Gasteiger partial charge on any atom is -0.462 e. The van der Waals surface area contributed by atoms with Crippen LogP contribution in [0.25, 0.3) is 0 Å². The molecule has 0 radical (unpaired) electrons. The van der Waals surface area contributed by atoms with Gasteiger partial charge in [0.15, 0.2) is 0 Å². The standard InChI is InChI=1S/C18H21N3O3S2/c1-3-24-17(22)15-13-7-6-11(2)9-14(13)26-16(15)20-18(23)21-19-10-12-5-4-8-25-12/h4-5,8,10-11H,3,6-7,9H2,1-2H3,(H2,20,21,23)/t11-/m0/s1. The molecule has 1 aliphatic carbocycles. The van der Waals surface area contributed by atoms with Crippen LogP contribution < -0.4 is 10.7 Å². The Hall–Kier alpha value is -2.19. The molecule has 1 aliphatic rings. The number of anilines is 1. The number of carbonyl (C=O) groups is 2. The highest BCUT2D eigenvalue weighted by Gasteiger charge is 2.29. The lowest BCUT2D eigenvalue weighted by Gasteiger charge is -2.18. The van der Waals surface area contributed by atoms with Crippen LogP contribution in [0.2, 0.25) is 0 Å². The Bertz CT molecular complexity index is 812. The number of thiophene rings is 2. The van der Waals surface area contributed by atoms with Gasteiger partial charge in [-0.3, -0.25) is 5.32 Å². The summed E-state index contributed by atoms with van der Waals surface area (Å²) in [5, 5.41) is 9.15. The van der Waals surface area contributed by atoms with Crippen molar-refractivity contribution in [3.8, 4) is 0 Å². The number of hydrogen-bond donors (Lipinski definition) is 2. The number of ether oxygens (including phenoxy) is 1. The van der Waals surface area contributed by atoms with Crippen molar-refractivity contribution in [3.63, 3.8) is 0 Å². The Morgan fingerprint density at radius 1 is 1.46 bits per heavy atom. The smallest absolute Gasteiger partial charge is 0.341 e. The van der Waals surface area contributed by atoms with Crippen LogP contribution in [0, 0.1) is 5.92 Å². The molecule has 0 aromatic carbocycles. The van der Waals surface area contributed by atoms with E-state index in [4.69, 9.17) is 4.74 Å². The van der Waals surface area contributed by atoms with Crippen LogP contribution in [0.1, 0.15) is 45.9 Å². The molecule has 2 amide bonds. The summed E-state index contributed by atoms with van der Waals surface area (Å²) in [6.45, 7) is 4.28. The molecule has 0 bridgehead atoms. The summed E-state index contributed by atoms with van der Waals surface area (Å²) in [5.74, 6) is 0.199. The average Bonchev–Trinajstić information content (AvgIpc) is 3.22. The van der Waals surface area contributed by atoms with E-state index >= 15 is 0 Å². The fourth-order valence-corrected chi connectivity index (χ4v) is 4.89. The van der Waals surface area contributed by atoms with Gasteiger partial charge >= 0.3 is 12.0 Å². The summed E-state index contributed by atoms with van der Waals surface area (Å²) in [7, 11) is 0. The number of rotatable bonds is 5. The molecule has 138 valence electrons. The average molecular weight is 392 g/mol. The largest absolute Gasteiger partial charge is 0.462 e. The van der Waals surface area contributed by atoms with Gasteiger partial charge in [0.1, 0.15) is 5.00 Å². The second-order valence-electron chi connectivity index (χ2n) is 6.12. The van der Waals surface area contributed by atoms with Crippen LogP contribution in [0.15, 0.2) is 22.6 Å². The number of nitrogens with one attached hydrogen (secondary N) is 2. The van der Waals surface area contributed by atoms with Crippen molar-refractivity contribution in [2.24, 2.45) is 11.0 Å². The van der Waals surface area contributed by atoms with E-state index in [1.807, 2.05) is 17.5 Å². The second kappa shape index (κ2) is 8.46. The van der Waals surface area contributed by atoms with Gasteiger partial charge in [-0.2, -0.15) is 5.10 Å². The van der Waals surface area contributed by atoms with Crippen LogP contribution in [0.5, 0.6) is 0 Å². The number of fused-ring (bicyclic) bond motifs is 1. The van der Waals surface area contributed by atoms with Crippen molar-refractivity contribution in [2.45, 2.75) is 33.1 Å². The molecule has 2 aromatic heterocycles. The molecular formula is C18H21N3O3S2. The molecule has 26 heavy (non-hydrogen) atoms. The number of amides is 2. The van der Waals surface area contributed by atoms with E-state index in [1.165, 1.54) is 22.7 Å². The third kappa shape index (κ3) is 4.31. The summed E-state index contributed by atoms with van der Waals surface area (Å²) in [5.41, 5.74) is 3.95. The topological polar surface area (TPSA) is 79.8 Å². The molecule has 1 atom stereocenters. The molecule has 0 fully saturated rings. The summed E-state index contributed by atoms with van der Waals surface area (Å²) in [6.07, 6.45) is 4.37. The number of esters is 1. The minimum atomic E-state index is -0.477. The number of urea groups is 1. The summed E-state index contributed by atoms with van der Waals surface area (Å²) >= 11 is 2.99. The Balaban J connectivity index is 1.75. The molecule has 2 heterocycles. The highest BCUT2D eigenvalue weighted by molar-refractivity contribution is 7.17. The van der Waals surface area contributed by atoms with Crippen LogP contribution in [-0.4, -0.2) is 24.8 Å². The van der Waals surface area contributed by atoms with Gasteiger partial charge in [0.25, 0.3) is 0 Å². The third-order valence-corrected chi connectivity index (χ3v) is 6.10. The van der Waals surface area contributed by atoms with Gasteiger partial charge in [-0.15, -0.1) is 22.7 Å². The van der Waals surface area contributed by atoms with E-state index in [0.717, 1.165) is 34.6 Å². The first-order chi connectivity index (χ1) is 12.6. The fraction of sp³-hybridized carbons (Fsp3) is 0.389. The number of hydrazone groups is 1. The molecule has 3 rings (SSSR count). The van der Waals surface area contributed by atoms with Crippen molar-refractivity contribution in [1.29, 1.82) is 0 Å². The lowest BCUT2D eigenvalue weighted by atomic mass is 9.88. The van der Waals surface area contributed by atoms with Crippen LogP contribution in [0.4, 0.5) is 9.80 Å². The Labute approximate surface area is 160 Å². The maximum atomic E-state index is 12.4. The van der Waals surface area contributed by atoms with E-state index in [9.17, 15) is 9.59 Å². The van der Waals surface area contributed by atoms with E-state index in [2.05, 4.69) is 22.8 Å². The molecule has 0 aliphatic heterocycles. The summed E-state index contributed by atoms with van der Waals surface area (Å²) < 4.78 is 5.20. The highest BCUT2D eigenvalue weighted by atomic mass is 32.1. The molecule has 2 N–H and O–H groups in total. The predicted octanol–water partition coefficient (Wildman–Crippen LogP) is 4.27. The van der Waals surface area contributed by atoms with E-state index < -0.39 is 6.03 Å². The molecular weight excluding hydrogens is 370 g/mol. The quantitative estimate of drug-likeness (QED) is 0.454. The van der Waals surface area contributed by atoms with Gasteiger partial charge in [-0.1, -0.05) is 13.0 Å². The molecule has 8 heteroatoms. The van der Waals surface area contributed by atoms with Gasteiger partial charge < -0.3 is 4.74 Å². The molecule has 0 spiro atoms. The zero-order valence-corrected chi connectivity index (χ0v) is 16.3. The predicted molar refractivity (Wildman–Crippen MR) is 106 cm³/mol. The van der Waals surface area contributed by atoms with E-state index in [0.29, 0.717) is 23.1 Å². The van der Waals surface area contributed by atoms with Crippen LogP contribution in [-0.2, 0) is 17.6 Å². The lowest BCUT2D eigenvalue weighted by Crippen LogP contribution is -2.25. The summed E-state index contributed by atoms with van der Waals surface area (Å²) in [6, 6.07) is 3.34. The number of carbonyl (C=O) groups excluding carboxylic acids is 2. The zero-order chi connectivity index (χ0) is 18.5. The summed E-state index contributed by atoms with van der Waals surface area (Å²) in [4.78, 5) is 26.7. The van der Waals surface area contributed by atoms with Gasteiger partial charge in [0.05, 0.1) is 18.4 Å². The van der Waals surface area contributed by atoms with Crippen LogP contribution >= 0.6 is 22.7 Å². The van der Waals surface area contributed by atoms with Crippen molar-refractivity contribution in [3.05, 3.63) is 38.4 Å². The Morgan fingerprint density at radius 2 is 2.31 bits per heavy atom. The first-order valence-corrected chi connectivity index (χ1v) is 10.2. The number of nitrogens with zero attached hydrogens (tertiary/aromatic N) is 1. The lowest BCUT2D eigenvalue weighted by molar-refractivity contribution is 0.0526. The van der Waals surface area contributed by atoms with Crippen molar-refractivity contribution < 1.29 is 14.3 Å². The van der Waals surface area contributed by atoms with Crippen LogP contribution in [0.3, 0.4) is 0 Å². The first-order valence-electron chi connectivity index (χ1n) is 8.53. The van der Waals surface area contributed by atoms with Crippen molar-refractivity contribution >= 4 is 45.9 Å². The maximum Gasteiger partial charge on any atom is 0.341 e. The third-order valence-electron chi connectivity index (χ3n) is 4.12. The molecule has 6 nitrogen and oxygen atoms in total.